The van der Waals surface area contributed by atoms with Crippen LogP contribution in [0.3, 0.4) is 0 Å². The Kier molecular flexibility index (Phi) is 14.6. The highest BCUT2D eigenvalue weighted by molar-refractivity contribution is 8.02. The molecule has 0 amide bonds. The van der Waals surface area contributed by atoms with Gasteiger partial charge in [0, 0.05) is 24.3 Å². The third kappa shape index (κ3) is 13.6. The van der Waals surface area contributed by atoms with E-state index in [1.807, 2.05) is 17.8 Å². The SMILES string of the molecule is CC(=CSCC(Nc1ncccn1)C1=COC=CN1)CCCC(C)CCCC(C)CCCC(C)C. The van der Waals surface area contributed by atoms with Crippen LogP contribution in [0.25, 0.3) is 0 Å². The molecule has 196 valence electrons. The Morgan fingerprint density at radius 3 is 2.29 bits per heavy atom. The molecule has 2 N–H and O–H groups in total. The number of aromatic nitrogens is 2. The summed E-state index contributed by atoms with van der Waals surface area (Å²) < 4.78 is 5.36. The van der Waals surface area contributed by atoms with Crippen LogP contribution < -0.4 is 10.6 Å². The van der Waals surface area contributed by atoms with E-state index in [-0.39, 0.29) is 6.04 Å². The van der Waals surface area contributed by atoms with E-state index in [9.17, 15) is 0 Å². The van der Waals surface area contributed by atoms with Crippen LogP contribution in [0.2, 0.25) is 0 Å². The molecule has 5 nitrogen and oxygen atoms in total. The van der Waals surface area contributed by atoms with Gasteiger partial charge in [-0.2, -0.15) is 0 Å². The number of ether oxygens (including phenoxy) is 1. The van der Waals surface area contributed by atoms with Gasteiger partial charge in [-0.1, -0.05) is 78.2 Å². The normalized spacial score (nSPS) is 16.3. The Labute approximate surface area is 218 Å². The first kappa shape index (κ1) is 29.3. The van der Waals surface area contributed by atoms with Crippen molar-refractivity contribution in [1.82, 2.24) is 15.3 Å². The molecule has 0 saturated heterocycles. The highest BCUT2D eigenvalue weighted by Crippen LogP contribution is 2.23. The van der Waals surface area contributed by atoms with E-state index in [0.717, 1.165) is 29.2 Å². The van der Waals surface area contributed by atoms with Crippen molar-refractivity contribution in [3.8, 4) is 0 Å². The van der Waals surface area contributed by atoms with Crippen molar-refractivity contribution < 1.29 is 4.74 Å². The van der Waals surface area contributed by atoms with Gasteiger partial charge in [-0.25, -0.2) is 9.97 Å². The number of hydrogen-bond acceptors (Lipinski definition) is 6. The molecule has 1 aliphatic rings. The smallest absolute Gasteiger partial charge is 0.223 e. The fourth-order valence-corrected chi connectivity index (χ4v) is 5.24. The van der Waals surface area contributed by atoms with Crippen molar-refractivity contribution >= 4 is 17.7 Å². The first-order valence-electron chi connectivity index (χ1n) is 13.5. The van der Waals surface area contributed by atoms with Crippen molar-refractivity contribution in [3.63, 3.8) is 0 Å². The molecule has 0 fully saturated rings. The van der Waals surface area contributed by atoms with Crippen LogP contribution in [0.5, 0.6) is 0 Å². The van der Waals surface area contributed by atoms with Crippen LogP contribution in [-0.4, -0.2) is 21.8 Å². The highest BCUT2D eigenvalue weighted by Gasteiger charge is 2.17. The predicted octanol–water partition coefficient (Wildman–Crippen LogP) is 8.27. The summed E-state index contributed by atoms with van der Waals surface area (Å²) in [6.45, 7) is 11.8. The second kappa shape index (κ2) is 17.5. The minimum Gasteiger partial charge on any atom is -0.469 e. The summed E-state index contributed by atoms with van der Waals surface area (Å²) in [7, 11) is 0. The average Bonchev–Trinajstić information content (AvgIpc) is 2.84. The lowest BCUT2D eigenvalue weighted by molar-refractivity contribution is 0.379. The number of hydrogen-bond donors (Lipinski definition) is 2. The van der Waals surface area contributed by atoms with Gasteiger partial charge >= 0.3 is 0 Å². The van der Waals surface area contributed by atoms with Crippen LogP contribution >= 0.6 is 11.8 Å². The molecular weight excluding hydrogens is 452 g/mol. The van der Waals surface area contributed by atoms with Crippen LogP contribution in [0.15, 0.2) is 53.9 Å². The van der Waals surface area contributed by atoms with E-state index in [1.54, 1.807) is 31.1 Å². The number of nitrogens with one attached hydrogen (secondary N) is 2. The van der Waals surface area contributed by atoms with Gasteiger partial charge < -0.3 is 15.4 Å². The van der Waals surface area contributed by atoms with E-state index in [1.165, 1.54) is 63.4 Å². The summed E-state index contributed by atoms with van der Waals surface area (Å²) >= 11 is 1.83. The van der Waals surface area contributed by atoms with E-state index < -0.39 is 0 Å². The quantitative estimate of drug-likeness (QED) is 0.211. The molecule has 2 heterocycles. The number of allylic oxidation sites excluding steroid dienone is 1. The van der Waals surface area contributed by atoms with Gasteiger partial charge in [-0.3, -0.25) is 0 Å². The zero-order valence-electron chi connectivity index (χ0n) is 22.6. The molecule has 1 aliphatic heterocycles. The van der Waals surface area contributed by atoms with E-state index in [4.69, 9.17) is 4.74 Å². The second-order valence-electron chi connectivity index (χ2n) is 10.6. The van der Waals surface area contributed by atoms with Gasteiger partial charge in [-0.05, 0) is 49.0 Å². The molecule has 0 spiro atoms. The molecule has 0 saturated carbocycles. The summed E-state index contributed by atoms with van der Waals surface area (Å²) in [4.78, 5) is 8.61. The zero-order valence-corrected chi connectivity index (χ0v) is 23.4. The van der Waals surface area contributed by atoms with Gasteiger partial charge in [-0.15, -0.1) is 11.8 Å². The number of thioether (sulfide) groups is 1. The molecule has 35 heavy (non-hydrogen) atoms. The van der Waals surface area contributed by atoms with Gasteiger partial charge in [0.1, 0.15) is 12.5 Å². The Balaban J connectivity index is 1.64. The van der Waals surface area contributed by atoms with Gasteiger partial charge in [0.05, 0.1) is 11.7 Å². The Morgan fingerprint density at radius 1 is 1.00 bits per heavy atom. The molecular formula is C29H48N4OS. The predicted molar refractivity (Wildman–Crippen MR) is 152 cm³/mol. The lowest BCUT2D eigenvalue weighted by Crippen LogP contribution is -2.32. The first-order valence-corrected chi connectivity index (χ1v) is 14.6. The molecule has 2 rings (SSSR count). The monoisotopic (exact) mass is 500 g/mol. The van der Waals surface area contributed by atoms with Crippen LogP contribution in [0, 0.1) is 17.8 Å². The number of nitrogens with zero attached hydrogens (tertiary/aromatic N) is 2. The topological polar surface area (TPSA) is 59.1 Å². The van der Waals surface area contributed by atoms with Crippen molar-refractivity contribution in [2.24, 2.45) is 17.8 Å². The summed E-state index contributed by atoms with van der Waals surface area (Å²) in [5.41, 5.74) is 2.43. The fraction of sp³-hybridized carbons (Fsp3) is 0.655. The van der Waals surface area contributed by atoms with Crippen molar-refractivity contribution in [2.75, 3.05) is 11.1 Å². The Morgan fingerprint density at radius 2 is 1.66 bits per heavy atom. The second-order valence-corrected chi connectivity index (χ2v) is 11.5. The molecule has 6 heteroatoms. The minimum absolute atomic E-state index is 0.0317. The molecule has 0 aromatic carbocycles. The number of rotatable bonds is 18. The van der Waals surface area contributed by atoms with Gasteiger partial charge in [0.2, 0.25) is 5.95 Å². The van der Waals surface area contributed by atoms with E-state index in [0.29, 0.717) is 5.95 Å². The van der Waals surface area contributed by atoms with Crippen molar-refractivity contribution in [2.45, 2.75) is 98.4 Å². The molecule has 0 radical (unpaired) electrons. The molecule has 0 bridgehead atoms. The largest absolute Gasteiger partial charge is 0.469 e. The standard InChI is InChI=1S/C29H48N4OS/c1-23(2)10-6-11-24(3)12-7-13-25(4)14-8-15-26(5)21-35-22-28(27-20-34-19-18-30-27)33-29-31-16-9-17-32-29/h9,16-21,23-25,28,30H,6-8,10-15,22H2,1-5H3,(H,31,32,33). The molecule has 1 aromatic heterocycles. The maximum atomic E-state index is 5.36. The number of anilines is 1. The van der Waals surface area contributed by atoms with Crippen LogP contribution in [0.4, 0.5) is 5.95 Å². The fourth-order valence-electron chi connectivity index (χ4n) is 4.29. The maximum absolute atomic E-state index is 5.36. The summed E-state index contributed by atoms with van der Waals surface area (Å²) in [6, 6.07) is 1.85. The third-order valence-corrected chi connectivity index (χ3v) is 7.62. The molecule has 3 atom stereocenters. The lowest BCUT2D eigenvalue weighted by Gasteiger charge is -2.22. The summed E-state index contributed by atoms with van der Waals surface area (Å²) in [6.07, 6.45) is 20.8. The van der Waals surface area contributed by atoms with E-state index >= 15 is 0 Å². The van der Waals surface area contributed by atoms with Crippen molar-refractivity contribution in [3.05, 3.63) is 53.9 Å². The minimum atomic E-state index is 0.0317. The lowest BCUT2D eigenvalue weighted by atomic mass is 9.91. The maximum Gasteiger partial charge on any atom is 0.223 e. The third-order valence-electron chi connectivity index (χ3n) is 6.52. The van der Waals surface area contributed by atoms with Crippen LogP contribution in [-0.2, 0) is 4.74 Å². The zero-order chi connectivity index (χ0) is 25.3. The average molecular weight is 501 g/mol. The summed E-state index contributed by atoms with van der Waals surface area (Å²) in [5, 5.41) is 8.98. The Hall–Kier alpha value is -1.95. The Bertz CT molecular complexity index is 778. The van der Waals surface area contributed by atoms with Gasteiger partial charge in [0.25, 0.3) is 0 Å². The molecule has 1 aromatic rings. The molecule has 0 aliphatic carbocycles. The highest BCUT2D eigenvalue weighted by atomic mass is 32.2. The first-order chi connectivity index (χ1) is 16.9. The van der Waals surface area contributed by atoms with E-state index in [2.05, 4.69) is 60.6 Å². The van der Waals surface area contributed by atoms with Crippen molar-refractivity contribution in [1.29, 1.82) is 0 Å². The van der Waals surface area contributed by atoms with Gasteiger partial charge in [0.15, 0.2) is 0 Å². The summed E-state index contributed by atoms with van der Waals surface area (Å²) in [5.74, 6) is 4.04. The molecule has 3 unspecified atom stereocenters. The van der Waals surface area contributed by atoms with Crippen LogP contribution in [0.1, 0.15) is 92.4 Å².